The van der Waals surface area contributed by atoms with Gasteiger partial charge in [0.2, 0.25) is 0 Å². The molecule has 0 aliphatic heterocycles. The molecule has 0 aromatic heterocycles. The fourth-order valence-electron chi connectivity index (χ4n) is 2.17. The third-order valence-electron chi connectivity index (χ3n) is 3.35. The van der Waals surface area contributed by atoms with Gasteiger partial charge in [-0.1, -0.05) is 43.6 Å². The lowest BCUT2D eigenvalue weighted by Crippen LogP contribution is -2.15. The molecule has 0 aliphatic carbocycles. The van der Waals surface area contributed by atoms with E-state index in [2.05, 4.69) is 41.8 Å². The number of anilines is 1. The molecular formula is C17H17ClINO. The number of para-hydroxylation sites is 1. The Labute approximate surface area is 144 Å². The van der Waals surface area contributed by atoms with Crippen LogP contribution in [0.2, 0.25) is 5.02 Å². The van der Waals surface area contributed by atoms with E-state index in [9.17, 15) is 4.79 Å². The number of hydrogen-bond acceptors (Lipinski definition) is 1. The lowest BCUT2D eigenvalue weighted by Gasteiger charge is -2.16. The van der Waals surface area contributed by atoms with Crippen LogP contribution in [0, 0.1) is 10.5 Å². The maximum atomic E-state index is 12.4. The van der Waals surface area contributed by atoms with Crippen LogP contribution in [0.4, 0.5) is 5.69 Å². The number of benzene rings is 2. The third kappa shape index (κ3) is 3.77. The van der Waals surface area contributed by atoms with Gasteiger partial charge in [-0.25, -0.2) is 0 Å². The first-order chi connectivity index (χ1) is 9.90. The first kappa shape index (κ1) is 16.3. The van der Waals surface area contributed by atoms with E-state index in [1.54, 1.807) is 12.1 Å². The summed E-state index contributed by atoms with van der Waals surface area (Å²) in [5.41, 5.74) is 3.66. The predicted octanol–water partition coefficient (Wildman–Crippen LogP) is 5.63. The van der Waals surface area contributed by atoms with Crippen LogP contribution in [0.15, 0.2) is 36.4 Å². The largest absolute Gasteiger partial charge is 0.321 e. The average molecular weight is 414 g/mol. The summed E-state index contributed by atoms with van der Waals surface area (Å²) in [7, 11) is 0. The van der Waals surface area contributed by atoms with Crippen LogP contribution >= 0.6 is 34.2 Å². The van der Waals surface area contributed by atoms with Gasteiger partial charge in [0.25, 0.3) is 5.91 Å². The van der Waals surface area contributed by atoms with Gasteiger partial charge in [-0.3, -0.25) is 4.79 Å². The zero-order chi connectivity index (χ0) is 15.6. The molecule has 0 saturated carbocycles. The van der Waals surface area contributed by atoms with Gasteiger partial charge in [-0.05, 0) is 64.8 Å². The topological polar surface area (TPSA) is 29.1 Å². The van der Waals surface area contributed by atoms with Crippen molar-refractivity contribution in [3.63, 3.8) is 0 Å². The van der Waals surface area contributed by atoms with Crippen LogP contribution < -0.4 is 5.32 Å². The van der Waals surface area contributed by atoms with E-state index in [1.165, 1.54) is 0 Å². The normalized spacial score (nSPS) is 10.8. The van der Waals surface area contributed by atoms with Crippen molar-refractivity contribution in [1.82, 2.24) is 0 Å². The molecule has 0 bridgehead atoms. The molecule has 4 heteroatoms. The first-order valence-electron chi connectivity index (χ1n) is 6.76. The summed E-state index contributed by atoms with van der Waals surface area (Å²) in [6.45, 7) is 6.24. The molecule has 2 aromatic carbocycles. The van der Waals surface area contributed by atoms with E-state index in [1.807, 2.05) is 31.2 Å². The van der Waals surface area contributed by atoms with Crippen LogP contribution in [0.5, 0.6) is 0 Å². The minimum Gasteiger partial charge on any atom is -0.321 e. The summed E-state index contributed by atoms with van der Waals surface area (Å²) in [6.07, 6.45) is 0. The summed E-state index contributed by atoms with van der Waals surface area (Å²) in [4.78, 5) is 12.4. The molecule has 0 fully saturated rings. The van der Waals surface area contributed by atoms with Gasteiger partial charge in [-0.2, -0.15) is 0 Å². The monoisotopic (exact) mass is 413 g/mol. The molecule has 2 rings (SSSR count). The van der Waals surface area contributed by atoms with Gasteiger partial charge in [0.15, 0.2) is 0 Å². The summed E-state index contributed by atoms with van der Waals surface area (Å²) < 4.78 is 0.935. The Morgan fingerprint density at radius 3 is 2.57 bits per heavy atom. The van der Waals surface area contributed by atoms with Crippen molar-refractivity contribution in [3.05, 3.63) is 61.7 Å². The number of amides is 1. The second kappa shape index (κ2) is 6.79. The number of aryl methyl sites for hydroxylation is 1. The molecule has 0 heterocycles. The number of rotatable bonds is 3. The molecule has 0 radical (unpaired) electrons. The minimum absolute atomic E-state index is 0.135. The van der Waals surface area contributed by atoms with Crippen molar-refractivity contribution in [2.75, 3.05) is 5.32 Å². The second-order valence-corrected chi connectivity index (χ2v) is 6.85. The smallest absolute Gasteiger partial charge is 0.255 e. The molecule has 1 amide bonds. The van der Waals surface area contributed by atoms with Gasteiger partial charge in [-0.15, -0.1) is 0 Å². The molecular weight excluding hydrogens is 397 g/mol. The van der Waals surface area contributed by atoms with Crippen LogP contribution in [0.3, 0.4) is 0 Å². The van der Waals surface area contributed by atoms with E-state index in [0.717, 1.165) is 20.4 Å². The Hall–Kier alpha value is -1.07. The zero-order valence-electron chi connectivity index (χ0n) is 12.2. The maximum absolute atomic E-state index is 12.4. The zero-order valence-corrected chi connectivity index (χ0v) is 15.1. The highest BCUT2D eigenvalue weighted by atomic mass is 127. The van der Waals surface area contributed by atoms with Crippen LogP contribution in [0.1, 0.15) is 41.3 Å². The van der Waals surface area contributed by atoms with E-state index < -0.39 is 0 Å². The van der Waals surface area contributed by atoms with Gasteiger partial charge >= 0.3 is 0 Å². The lowest BCUT2D eigenvalue weighted by molar-refractivity contribution is 0.102. The van der Waals surface area contributed by atoms with E-state index in [-0.39, 0.29) is 5.91 Å². The number of nitrogens with one attached hydrogen (secondary N) is 1. The minimum atomic E-state index is -0.135. The first-order valence-corrected chi connectivity index (χ1v) is 8.21. The Morgan fingerprint density at radius 1 is 1.24 bits per heavy atom. The Morgan fingerprint density at radius 2 is 1.95 bits per heavy atom. The van der Waals surface area contributed by atoms with Crippen molar-refractivity contribution < 1.29 is 4.79 Å². The molecule has 110 valence electrons. The molecule has 2 aromatic rings. The molecule has 0 atom stereocenters. The number of hydrogen-bond donors (Lipinski definition) is 1. The predicted molar refractivity (Wildman–Crippen MR) is 97.4 cm³/mol. The molecule has 0 saturated heterocycles. The summed E-state index contributed by atoms with van der Waals surface area (Å²) >= 11 is 8.23. The quantitative estimate of drug-likeness (QED) is 0.649. The van der Waals surface area contributed by atoms with Crippen molar-refractivity contribution in [1.29, 1.82) is 0 Å². The number of carbonyl (C=O) groups is 1. The lowest BCUT2D eigenvalue weighted by atomic mass is 9.98. The van der Waals surface area contributed by atoms with Gasteiger partial charge in [0.05, 0.1) is 5.02 Å². The van der Waals surface area contributed by atoms with Crippen molar-refractivity contribution in [2.45, 2.75) is 26.7 Å². The third-order valence-corrected chi connectivity index (χ3v) is 4.92. The fraction of sp³-hybridized carbons (Fsp3) is 0.235. The molecule has 2 nitrogen and oxygen atoms in total. The van der Waals surface area contributed by atoms with E-state index in [0.29, 0.717) is 16.5 Å². The second-order valence-electron chi connectivity index (χ2n) is 5.28. The van der Waals surface area contributed by atoms with Crippen molar-refractivity contribution >= 4 is 45.8 Å². The molecule has 0 unspecified atom stereocenters. The summed E-state index contributed by atoms with van der Waals surface area (Å²) in [6, 6.07) is 11.4. The van der Waals surface area contributed by atoms with Crippen molar-refractivity contribution in [2.24, 2.45) is 0 Å². The molecule has 0 aliphatic rings. The maximum Gasteiger partial charge on any atom is 0.255 e. The van der Waals surface area contributed by atoms with Gasteiger partial charge in [0.1, 0.15) is 0 Å². The van der Waals surface area contributed by atoms with Gasteiger partial charge in [0, 0.05) is 14.8 Å². The summed E-state index contributed by atoms with van der Waals surface area (Å²) in [5.74, 6) is 0.213. The highest BCUT2D eigenvalue weighted by Crippen LogP contribution is 2.28. The van der Waals surface area contributed by atoms with E-state index in [4.69, 9.17) is 11.6 Å². The fourth-order valence-corrected chi connectivity index (χ4v) is 2.68. The van der Waals surface area contributed by atoms with Crippen LogP contribution in [-0.2, 0) is 0 Å². The van der Waals surface area contributed by atoms with Crippen LogP contribution in [0.25, 0.3) is 0 Å². The Bertz CT molecular complexity index is 682. The Balaban J connectivity index is 2.33. The standard InChI is InChI=1S/C17H17ClINO/c1-10(2)13-6-4-5-11(3)16(13)20-17(21)12-7-8-15(19)14(18)9-12/h4-10H,1-3H3,(H,20,21). The molecule has 0 spiro atoms. The number of carbonyl (C=O) groups excluding carboxylic acids is 1. The summed E-state index contributed by atoms with van der Waals surface area (Å²) in [5, 5.41) is 3.62. The Kier molecular flexibility index (Phi) is 5.27. The van der Waals surface area contributed by atoms with E-state index >= 15 is 0 Å². The van der Waals surface area contributed by atoms with Crippen LogP contribution in [-0.4, -0.2) is 5.91 Å². The van der Waals surface area contributed by atoms with Crippen molar-refractivity contribution in [3.8, 4) is 0 Å². The average Bonchev–Trinajstić information content (AvgIpc) is 2.43. The highest BCUT2D eigenvalue weighted by molar-refractivity contribution is 14.1. The highest BCUT2D eigenvalue weighted by Gasteiger charge is 2.14. The molecule has 21 heavy (non-hydrogen) atoms. The SMILES string of the molecule is Cc1cccc(C(C)C)c1NC(=O)c1ccc(I)c(Cl)c1. The molecule has 1 N–H and O–H groups in total. The van der Waals surface area contributed by atoms with Gasteiger partial charge < -0.3 is 5.32 Å². The number of halogens is 2.